The van der Waals surface area contributed by atoms with E-state index in [0.29, 0.717) is 10.7 Å². The Kier molecular flexibility index (Phi) is 5.16. The van der Waals surface area contributed by atoms with Crippen LogP contribution < -0.4 is 10.2 Å². The molecular weight excluding hydrogens is 280 g/mol. The van der Waals surface area contributed by atoms with E-state index in [1.54, 1.807) is 18.2 Å². The molecule has 0 fully saturated rings. The molecule has 0 radical (unpaired) electrons. The number of nitrogens with zero attached hydrogens (tertiary/aromatic N) is 1. The second kappa shape index (κ2) is 6.43. The van der Waals surface area contributed by atoms with Crippen molar-refractivity contribution in [2.24, 2.45) is 0 Å². The van der Waals surface area contributed by atoms with Gasteiger partial charge in [0.05, 0.1) is 11.4 Å². The first-order chi connectivity index (χ1) is 9.23. The molecule has 1 aromatic rings. The number of rotatable bonds is 4. The Morgan fingerprint density at radius 3 is 2.30 bits per heavy atom. The molecule has 1 rings (SSSR count). The fourth-order valence-electron chi connectivity index (χ4n) is 1.55. The summed E-state index contributed by atoms with van der Waals surface area (Å²) in [4.78, 5) is 24.7. The average molecular weight is 297 g/mol. The van der Waals surface area contributed by atoms with Crippen molar-refractivity contribution in [2.45, 2.75) is 13.8 Å². The van der Waals surface area contributed by atoms with Gasteiger partial charge in [-0.1, -0.05) is 11.6 Å². The third-order valence-corrected chi connectivity index (χ3v) is 3.15. The van der Waals surface area contributed by atoms with Crippen LogP contribution in [0.5, 0.6) is 0 Å². The number of amides is 1. The lowest BCUT2D eigenvalue weighted by atomic mass is 10.1. The van der Waals surface area contributed by atoms with Crippen LogP contribution in [0.4, 0.5) is 11.4 Å². The summed E-state index contributed by atoms with van der Waals surface area (Å²) < 4.78 is 0. The van der Waals surface area contributed by atoms with E-state index in [0.717, 1.165) is 5.69 Å². The van der Waals surface area contributed by atoms with Crippen molar-refractivity contribution < 1.29 is 14.7 Å². The van der Waals surface area contributed by atoms with Crippen LogP contribution in [0, 0.1) is 0 Å². The van der Waals surface area contributed by atoms with Crippen LogP contribution in [0.3, 0.4) is 0 Å². The van der Waals surface area contributed by atoms with E-state index in [1.807, 2.05) is 19.0 Å². The Morgan fingerprint density at radius 1 is 1.20 bits per heavy atom. The van der Waals surface area contributed by atoms with E-state index in [4.69, 9.17) is 16.7 Å². The highest BCUT2D eigenvalue weighted by molar-refractivity contribution is 6.31. The summed E-state index contributed by atoms with van der Waals surface area (Å²) in [7, 11) is 3.67. The number of carboxylic acids is 1. The Morgan fingerprint density at radius 2 is 1.80 bits per heavy atom. The summed E-state index contributed by atoms with van der Waals surface area (Å²) in [5, 5.41) is 12.1. The molecule has 0 spiro atoms. The minimum atomic E-state index is -1.11. The minimum absolute atomic E-state index is 0.0101. The molecule has 0 aromatic heterocycles. The van der Waals surface area contributed by atoms with E-state index in [1.165, 1.54) is 13.8 Å². The number of benzene rings is 1. The molecule has 0 atom stereocenters. The van der Waals surface area contributed by atoms with Gasteiger partial charge in [-0.3, -0.25) is 4.79 Å². The second-order valence-electron chi connectivity index (χ2n) is 4.57. The van der Waals surface area contributed by atoms with Gasteiger partial charge in [-0.15, -0.1) is 0 Å². The summed E-state index contributed by atoms with van der Waals surface area (Å²) >= 11 is 5.92. The summed E-state index contributed by atoms with van der Waals surface area (Å²) in [5.41, 5.74) is 1.48. The SMILES string of the molecule is CC(C(=O)O)=C(C)C(=O)Nc1cc(Cl)ccc1N(C)C. The van der Waals surface area contributed by atoms with Gasteiger partial charge in [0.1, 0.15) is 0 Å². The maximum absolute atomic E-state index is 12.1. The van der Waals surface area contributed by atoms with Crippen molar-refractivity contribution in [1.82, 2.24) is 0 Å². The first-order valence-electron chi connectivity index (χ1n) is 5.93. The number of aliphatic carboxylic acids is 1. The number of anilines is 2. The van der Waals surface area contributed by atoms with Gasteiger partial charge in [0, 0.05) is 30.3 Å². The van der Waals surface area contributed by atoms with E-state index < -0.39 is 11.9 Å². The van der Waals surface area contributed by atoms with Crippen LogP contribution >= 0.6 is 11.6 Å². The molecule has 0 bridgehead atoms. The molecule has 5 nitrogen and oxygen atoms in total. The van der Waals surface area contributed by atoms with E-state index in [2.05, 4.69) is 5.32 Å². The highest BCUT2D eigenvalue weighted by atomic mass is 35.5. The zero-order chi connectivity index (χ0) is 15.4. The number of carbonyl (C=O) groups is 2. The van der Waals surface area contributed by atoms with Gasteiger partial charge in [0.2, 0.25) is 0 Å². The Labute approximate surface area is 122 Å². The molecule has 20 heavy (non-hydrogen) atoms. The lowest BCUT2D eigenvalue weighted by Crippen LogP contribution is -2.19. The maximum atomic E-state index is 12.1. The van der Waals surface area contributed by atoms with Gasteiger partial charge in [-0.25, -0.2) is 4.79 Å². The van der Waals surface area contributed by atoms with Gasteiger partial charge in [0.15, 0.2) is 0 Å². The van der Waals surface area contributed by atoms with Crippen molar-refractivity contribution >= 4 is 34.9 Å². The van der Waals surface area contributed by atoms with Crippen LogP contribution in [0.25, 0.3) is 0 Å². The second-order valence-corrected chi connectivity index (χ2v) is 5.00. The summed E-state index contributed by atoms with van der Waals surface area (Å²) in [6.07, 6.45) is 0. The third-order valence-electron chi connectivity index (χ3n) is 2.91. The standard InChI is InChI=1S/C14H17ClN2O3/c1-8(9(2)14(19)20)13(18)16-11-7-10(15)5-6-12(11)17(3)4/h5-7H,1-4H3,(H,16,18)(H,19,20). The van der Waals surface area contributed by atoms with E-state index in [9.17, 15) is 9.59 Å². The van der Waals surface area contributed by atoms with Gasteiger partial charge >= 0.3 is 5.97 Å². The van der Waals surface area contributed by atoms with Crippen molar-refractivity contribution in [3.8, 4) is 0 Å². The molecule has 0 aliphatic rings. The number of halogens is 1. The van der Waals surface area contributed by atoms with Crippen molar-refractivity contribution in [3.63, 3.8) is 0 Å². The Bertz CT molecular complexity index is 580. The zero-order valence-electron chi connectivity index (χ0n) is 11.8. The smallest absolute Gasteiger partial charge is 0.331 e. The molecule has 2 N–H and O–H groups in total. The van der Waals surface area contributed by atoms with Gasteiger partial charge < -0.3 is 15.3 Å². The average Bonchev–Trinajstić information content (AvgIpc) is 2.36. The third kappa shape index (κ3) is 3.74. The van der Waals surface area contributed by atoms with Gasteiger partial charge in [-0.05, 0) is 32.0 Å². The van der Waals surface area contributed by atoms with Crippen molar-refractivity contribution in [1.29, 1.82) is 0 Å². The molecule has 0 saturated heterocycles. The quantitative estimate of drug-likeness (QED) is 0.838. The van der Waals surface area contributed by atoms with Crippen LogP contribution in [0.2, 0.25) is 5.02 Å². The lowest BCUT2D eigenvalue weighted by molar-refractivity contribution is -0.133. The van der Waals surface area contributed by atoms with Crippen molar-refractivity contribution in [2.75, 3.05) is 24.3 Å². The Balaban J connectivity index is 3.11. The monoisotopic (exact) mass is 296 g/mol. The van der Waals surface area contributed by atoms with E-state index in [-0.39, 0.29) is 11.1 Å². The molecule has 0 aliphatic heterocycles. The first kappa shape index (κ1) is 16.0. The predicted molar refractivity (Wildman–Crippen MR) is 80.4 cm³/mol. The highest BCUT2D eigenvalue weighted by Crippen LogP contribution is 2.28. The molecule has 0 unspecified atom stereocenters. The number of hydrogen-bond donors (Lipinski definition) is 2. The maximum Gasteiger partial charge on any atom is 0.331 e. The van der Waals surface area contributed by atoms with E-state index >= 15 is 0 Å². The molecule has 0 saturated carbocycles. The number of carboxylic acid groups (broad SMARTS) is 1. The summed E-state index contributed by atoms with van der Waals surface area (Å²) in [6, 6.07) is 5.12. The molecule has 108 valence electrons. The van der Waals surface area contributed by atoms with Crippen LogP contribution in [0.15, 0.2) is 29.3 Å². The van der Waals surface area contributed by atoms with Crippen LogP contribution in [0.1, 0.15) is 13.8 Å². The largest absolute Gasteiger partial charge is 0.478 e. The normalized spacial score (nSPS) is 11.7. The molecule has 6 heteroatoms. The topological polar surface area (TPSA) is 69.6 Å². The molecule has 1 aromatic carbocycles. The molecule has 1 amide bonds. The number of nitrogens with one attached hydrogen (secondary N) is 1. The summed E-state index contributed by atoms with van der Waals surface area (Å²) in [6.45, 7) is 2.86. The lowest BCUT2D eigenvalue weighted by Gasteiger charge is -2.18. The molecule has 0 aliphatic carbocycles. The molecular formula is C14H17ClN2O3. The molecule has 0 heterocycles. The minimum Gasteiger partial charge on any atom is -0.478 e. The van der Waals surface area contributed by atoms with Gasteiger partial charge in [0.25, 0.3) is 5.91 Å². The fraction of sp³-hybridized carbons (Fsp3) is 0.286. The first-order valence-corrected chi connectivity index (χ1v) is 6.30. The summed E-state index contributed by atoms with van der Waals surface area (Å²) in [5.74, 6) is -1.58. The van der Waals surface area contributed by atoms with Gasteiger partial charge in [-0.2, -0.15) is 0 Å². The van der Waals surface area contributed by atoms with Crippen LogP contribution in [-0.4, -0.2) is 31.1 Å². The number of carbonyl (C=O) groups excluding carboxylic acids is 1. The fourth-order valence-corrected chi connectivity index (χ4v) is 1.72. The highest BCUT2D eigenvalue weighted by Gasteiger charge is 2.15. The van der Waals surface area contributed by atoms with Crippen molar-refractivity contribution in [3.05, 3.63) is 34.4 Å². The Hall–Kier alpha value is -2.01. The zero-order valence-corrected chi connectivity index (χ0v) is 12.6. The number of hydrogen-bond acceptors (Lipinski definition) is 3. The van der Waals surface area contributed by atoms with Crippen LogP contribution in [-0.2, 0) is 9.59 Å². The predicted octanol–water partition coefficient (Wildman–Crippen LogP) is 2.77.